The van der Waals surface area contributed by atoms with Gasteiger partial charge in [0.25, 0.3) is 0 Å². The summed E-state index contributed by atoms with van der Waals surface area (Å²) in [4.78, 5) is 0. The van der Waals surface area contributed by atoms with Gasteiger partial charge in [0.1, 0.15) is 5.82 Å². The van der Waals surface area contributed by atoms with Crippen LogP contribution in [0.2, 0.25) is 0 Å². The predicted octanol–water partition coefficient (Wildman–Crippen LogP) is 4.71. The normalized spacial score (nSPS) is 12.4. The second-order valence-corrected chi connectivity index (χ2v) is 6.07. The van der Waals surface area contributed by atoms with Gasteiger partial charge < -0.3 is 5.32 Å². The highest BCUT2D eigenvalue weighted by Gasteiger charge is 2.12. The Morgan fingerprint density at radius 3 is 2.30 bits per heavy atom. The lowest BCUT2D eigenvalue weighted by Gasteiger charge is -2.18. The van der Waals surface area contributed by atoms with Gasteiger partial charge in [-0.1, -0.05) is 35.4 Å². The molecule has 0 radical (unpaired) electrons. The molecular weight excluding hydrogens is 317 g/mol. The summed E-state index contributed by atoms with van der Waals surface area (Å²) >= 11 is 3.24. The molecule has 0 heterocycles. The monoisotopic (exact) mass is 335 g/mol. The van der Waals surface area contributed by atoms with Crippen molar-refractivity contribution in [2.45, 2.75) is 26.3 Å². The van der Waals surface area contributed by atoms with Gasteiger partial charge in [0.05, 0.1) is 4.47 Å². The van der Waals surface area contributed by atoms with Crippen molar-refractivity contribution in [1.29, 1.82) is 0 Å². The van der Waals surface area contributed by atoms with E-state index in [0.717, 1.165) is 12.0 Å². The molecule has 0 fully saturated rings. The maximum Gasteiger partial charge on any atom is 0.137 e. The molecule has 0 aliphatic rings. The molecule has 3 heteroatoms. The Morgan fingerprint density at radius 1 is 1.10 bits per heavy atom. The molecule has 0 aromatic heterocycles. The van der Waals surface area contributed by atoms with Crippen LogP contribution in [0.15, 0.2) is 40.9 Å². The van der Waals surface area contributed by atoms with E-state index in [-0.39, 0.29) is 11.9 Å². The van der Waals surface area contributed by atoms with Gasteiger partial charge in [-0.05, 0) is 66.5 Å². The van der Waals surface area contributed by atoms with E-state index in [0.29, 0.717) is 4.47 Å². The first-order valence-corrected chi connectivity index (χ1v) is 7.48. The van der Waals surface area contributed by atoms with Gasteiger partial charge in [0.15, 0.2) is 0 Å². The summed E-state index contributed by atoms with van der Waals surface area (Å²) in [6.45, 7) is 4.22. The first-order valence-electron chi connectivity index (χ1n) is 6.69. The van der Waals surface area contributed by atoms with E-state index in [2.05, 4.69) is 53.3 Å². The number of aryl methyl sites for hydroxylation is 2. The summed E-state index contributed by atoms with van der Waals surface area (Å²) in [5.41, 5.74) is 4.91. The molecule has 20 heavy (non-hydrogen) atoms. The highest BCUT2D eigenvalue weighted by atomic mass is 79.9. The van der Waals surface area contributed by atoms with Crippen LogP contribution in [0.3, 0.4) is 0 Å². The summed E-state index contributed by atoms with van der Waals surface area (Å²) in [6.07, 6.45) is 0.832. The van der Waals surface area contributed by atoms with Crippen LogP contribution in [-0.4, -0.2) is 7.05 Å². The van der Waals surface area contributed by atoms with E-state index in [1.54, 1.807) is 0 Å². The van der Waals surface area contributed by atoms with Gasteiger partial charge in [-0.15, -0.1) is 0 Å². The lowest BCUT2D eigenvalue weighted by molar-refractivity contribution is 0.587. The molecule has 106 valence electrons. The minimum atomic E-state index is -0.221. The number of halogens is 2. The molecule has 0 amide bonds. The summed E-state index contributed by atoms with van der Waals surface area (Å²) < 4.78 is 13.8. The van der Waals surface area contributed by atoms with E-state index in [1.165, 1.54) is 22.8 Å². The number of rotatable bonds is 4. The highest BCUT2D eigenvalue weighted by molar-refractivity contribution is 9.10. The number of likely N-dealkylation sites (N-methyl/N-ethyl adjacent to an activating group) is 1. The van der Waals surface area contributed by atoms with Crippen LogP contribution in [0.5, 0.6) is 0 Å². The lowest BCUT2D eigenvalue weighted by atomic mass is 9.96. The van der Waals surface area contributed by atoms with Crippen LogP contribution in [0.25, 0.3) is 0 Å². The molecule has 2 aromatic rings. The second-order valence-electron chi connectivity index (χ2n) is 5.21. The van der Waals surface area contributed by atoms with Crippen molar-refractivity contribution in [3.05, 3.63) is 68.9 Å². The topological polar surface area (TPSA) is 12.0 Å². The number of hydrogen-bond donors (Lipinski definition) is 1. The van der Waals surface area contributed by atoms with Gasteiger partial charge >= 0.3 is 0 Å². The Hall–Kier alpha value is -1.19. The summed E-state index contributed by atoms with van der Waals surface area (Å²) in [7, 11) is 1.96. The average molecular weight is 336 g/mol. The molecule has 0 aliphatic heterocycles. The van der Waals surface area contributed by atoms with Crippen LogP contribution in [0.1, 0.15) is 28.3 Å². The van der Waals surface area contributed by atoms with Gasteiger partial charge in [-0.25, -0.2) is 4.39 Å². The first kappa shape index (κ1) is 15.2. The van der Waals surface area contributed by atoms with Crippen molar-refractivity contribution in [2.24, 2.45) is 0 Å². The van der Waals surface area contributed by atoms with Crippen molar-refractivity contribution in [3.8, 4) is 0 Å². The lowest BCUT2D eigenvalue weighted by Crippen LogP contribution is -2.19. The SMILES string of the molecule is CNC(Cc1ccc(F)c(Br)c1)c1cc(C)cc(C)c1. The van der Waals surface area contributed by atoms with Crippen molar-refractivity contribution in [3.63, 3.8) is 0 Å². The molecule has 0 saturated heterocycles. The molecule has 1 nitrogen and oxygen atoms in total. The van der Waals surface area contributed by atoms with Gasteiger partial charge in [-0.2, -0.15) is 0 Å². The third kappa shape index (κ3) is 3.68. The molecule has 0 spiro atoms. The third-order valence-electron chi connectivity index (χ3n) is 3.42. The fourth-order valence-electron chi connectivity index (χ4n) is 2.50. The van der Waals surface area contributed by atoms with E-state index in [9.17, 15) is 4.39 Å². The molecule has 1 atom stereocenters. The van der Waals surface area contributed by atoms with E-state index < -0.39 is 0 Å². The maximum atomic E-state index is 13.3. The molecular formula is C17H19BrFN. The van der Waals surface area contributed by atoms with Crippen molar-refractivity contribution in [2.75, 3.05) is 7.05 Å². The molecule has 1 unspecified atom stereocenters. The van der Waals surface area contributed by atoms with Crippen LogP contribution in [0.4, 0.5) is 4.39 Å². The third-order valence-corrected chi connectivity index (χ3v) is 4.03. The van der Waals surface area contributed by atoms with Crippen molar-refractivity contribution >= 4 is 15.9 Å². The second kappa shape index (κ2) is 6.51. The number of hydrogen-bond acceptors (Lipinski definition) is 1. The van der Waals surface area contributed by atoms with Crippen LogP contribution in [0, 0.1) is 19.7 Å². The van der Waals surface area contributed by atoms with Crippen LogP contribution in [-0.2, 0) is 6.42 Å². The smallest absolute Gasteiger partial charge is 0.137 e. The largest absolute Gasteiger partial charge is 0.313 e. The molecule has 0 saturated carbocycles. The van der Waals surface area contributed by atoms with E-state index >= 15 is 0 Å². The van der Waals surface area contributed by atoms with Crippen LogP contribution < -0.4 is 5.32 Å². The van der Waals surface area contributed by atoms with Gasteiger partial charge in [0, 0.05) is 6.04 Å². The number of nitrogens with one attached hydrogen (secondary N) is 1. The zero-order valence-corrected chi connectivity index (χ0v) is 13.6. The Morgan fingerprint density at radius 2 is 1.75 bits per heavy atom. The molecule has 0 bridgehead atoms. The molecule has 1 N–H and O–H groups in total. The van der Waals surface area contributed by atoms with E-state index in [1.807, 2.05) is 19.2 Å². The van der Waals surface area contributed by atoms with Crippen molar-refractivity contribution < 1.29 is 4.39 Å². The molecule has 2 rings (SSSR count). The Labute approximate surface area is 128 Å². The van der Waals surface area contributed by atoms with Gasteiger partial charge in [-0.3, -0.25) is 0 Å². The van der Waals surface area contributed by atoms with Gasteiger partial charge in [0.2, 0.25) is 0 Å². The quantitative estimate of drug-likeness (QED) is 0.853. The standard InChI is InChI=1S/C17H19BrFN/c1-11-6-12(2)8-14(7-11)17(20-3)10-13-4-5-16(19)15(18)9-13/h4-9,17,20H,10H2,1-3H3. The minimum absolute atomic E-state index is 0.221. The predicted molar refractivity (Wildman–Crippen MR) is 85.5 cm³/mol. The summed E-state index contributed by atoms with van der Waals surface area (Å²) in [5, 5.41) is 3.35. The maximum absolute atomic E-state index is 13.3. The Bertz CT molecular complexity index is 590. The molecule has 2 aromatic carbocycles. The summed E-state index contributed by atoms with van der Waals surface area (Å²) in [6, 6.07) is 12.0. The fourth-order valence-corrected chi connectivity index (χ4v) is 2.93. The zero-order chi connectivity index (χ0) is 14.7. The Balaban J connectivity index is 2.26. The zero-order valence-electron chi connectivity index (χ0n) is 12.0. The van der Waals surface area contributed by atoms with Crippen LogP contribution >= 0.6 is 15.9 Å². The Kier molecular flexibility index (Phi) is 4.95. The average Bonchev–Trinajstić information content (AvgIpc) is 2.38. The first-order chi connectivity index (χ1) is 9.49. The minimum Gasteiger partial charge on any atom is -0.313 e. The highest BCUT2D eigenvalue weighted by Crippen LogP contribution is 2.23. The molecule has 0 aliphatic carbocycles. The van der Waals surface area contributed by atoms with Crippen molar-refractivity contribution in [1.82, 2.24) is 5.32 Å². The number of benzene rings is 2. The summed E-state index contributed by atoms with van der Waals surface area (Å²) in [5.74, 6) is -0.221. The fraction of sp³-hybridized carbons (Fsp3) is 0.294. The van der Waals surface area contributed by atoms with E-state index in [4.69, 9.17) is 0 Å².